The first-order chi connectivity index (χ1) is 13.8. The van der Waals surface area contributed by atoms with E-state index in [1.807, 2.05) is 0 Å². The van der Waals surface area contributed by atoms with Gasteiger partial charge in [0.15, 0.2) is 0 Å². The van der Waals surface area contributed by atoms with Crippen LogP contribution in [0.15, 0.2) is 0 Å². The lowest BCUT2D eigenvalue weighted by molar-refractivity contribution is -0.138. The highest BCUT2D eigenvalue weighted by Crippen LogP contribution is 2.29. The fourth-order valence-electron chi connectivity index (χ4n) is 3.80. The van der Waals surface area contributed by atoms with Crippen LogP contribution in [0.1, 0.15) is 128 Å². The van der Waals surface area contributed by atoms with Crippen LogP contribution >= 0.6 is 0 Å². The van der Waals surface area contributed by atoms with E-state index in [1.165, 1.54) is 64.2 Å². The maximum Gasteiger partial charge on any atom is 0.303 e. The van der Waals surface area contributed by atoms with E-state index in [4.69, 9.17) is 10.2 Å². The molecule has 0 aliphatic heterocycles. The Morgan fingerprint density at radius 1 is 0.483 bits per heavy atom. The number of carbonyl (C=O) groups is 2. The molecular weight excluding hydrogens is 364 g/mol. The zero-order valence-corrected chi connectivity index (χ0v) is 18.8. The first-order valence-corrected chi connectivity index (χ1v) is 12.0. The molecule has 0 atom stereocenters. The van der Waals surface area contributed by atoms with Crippen LogP contribution < -0.4 is 0 Å². The smallest absolute Gasteiger partial charge is 0.303 e. The highest BCUT2D eigenvalue weighted by Gasteiger charge is 2.16. The molecular formula is C25H46O4. The summed E-state index contributed by atoms with van der Waals surface area (Å²) in [6.07, 6.45) is 21.3. The van der Waals surface area contributed by atoms with Crippen molar-refractivity contribution in [2.75, 3.05) is 0 Å². The van der Waals surface area contributed by atoms with Gasteiger partial charge in [0.25, 0.3) is 0 Å². The summed E-state index contributed by atoms with van der Waals surface area (Å²) in [7, 11) is 0. The highest BCUT2D eigenvalue weighted by atomic mass is 16.4. The third-order valence-electron chi connectivity index (χ3n) is 5.70. The molecule has 4 heteroatoms. The second-order valence-corrected chi connectivity index (χ2v) is 8.94. The van der Waals surface area contributed by atoms with E-state index in [1.54, 1.807) is 0 Å². The van der Waals surface area contributed by atoms with Crippen LogP contribution in [0.5, 0.6) is 0 Å². The van der Waals surface area contributed by atoms with Gasteiger partial charge in [0.1, 0.15) is 0 Å². The van der Waals surface area contributed by atoms with Gasteiger partial charge in [-0.3, -0.25) is 9.59 Å². The van der Waals surface area contributed by atoms with Crippen LogP contribution in [0.3, 0.4) is 0 Å². The molecule has 0 spiro atoms. The SMILES string of the molecule is [CH2]C([CH2])(CCCCCCCCCCC(=O)O)CCCCCCCCCCC(=O)O. The molecule has 0 heterocycles. The lowest BCUT2D eigenvalue weighted by Gasteiger charge is -2.24. The zero-order chi connectivity index (χ0) is 21.8. The number of hydrogen-bond donors (Lipinski definition) is 2. The summed E-state index contributed by atoms with van der Waals surface area (Å²) in [5.74, 6) is -1.36. The van der Waals surface area contributed by atoms with E-state index in [-0.39, 0.29) is 5.41 Å². The number of unbranched alkanes of at least 4 members (excludes halogenated alkanes) is 14. The fourth-order valence-corrected chi connectivity index (χ4v) is 3.80. The van der Waals surface area contributed by atoms with E-state index in [0.717, 1.165) is 51.4 Å². The first-order valence-electron chi connectivity index (χ1n) is 12.0. The van der Waals surface area contributed by atoms with Crippen LogP contribution in [0, 0.1) is 19.3 Å². The van der Waals surface area contributed by atoms with Crippen molar-refractivity contribution in [1.82, 2.24) is 0 Å². The average molecular weight is 411 g/mol. The molecule has 0 bridgehead atoms. The van der Waals surface area contributed by atoms with Gasteiger partial charge in [-0.2, -0.15) is 0 Å². The third-order valence-corrected chi connectivity index (χ3v) is 5.70. The Morgan fingerprint density at radius 2 is 0.724 bits per heavy atom. The Hall–Kier alpha value is -1.06. The monoisotopic (exact) mass is 410 g/mol. The number of aliphatic carboxylic acids is 2. The number of hydrogen-bond acceptors (Lipinski definition) is 2. The van der Waals surface area contributed by atoms with Gasteiger partial charge < -0.3 is 10.2 Å². The van der Waals surface area contributed by atoms with Crippen LogP contribution in [0.25, 0.3) is 0 Å². The van der Waals surface area contributed by atoms with Gasteiger partial charge in [0, 0.05) is 12.8 Å². The molecule has 0 saturated carbocycles. The van der Waals surface area contributed by atoms with E-state index in [9.17, 15) is 9.59 Å². The Kier molecular flexibility index (Phi) is 18.2. The van der Waals surface area contributed by atoms with Crippen molar-refractivity contribution < 1.29 is 19.8 Å². The number of rotatable bonds is 22. The largest absolute Gasteiger partial charge is 0.481 e. The fraction of sp³-hybridized carbons (Fsp3) is 0.840. The van der Waals surface area contributed by atoms with Crippen molar-refractivity contribution in [2.45, 2.75) is 128 Å². The first kappa shape index (κ1) is 27.9. The van der Waals surface area contributed by atoms with Crippen LogP contribution in [0.4, 0.5) is 0 Å². The van der Waals surface area contributed by atoms with Crippen molar-refractivity contribution >= 4 is 11.9 Å². The molecule has 0 aromatic carbocycles. The Morgan fingerprint density at radius 3 is 1.00 bits per heavy atom. The van der Waals surface area contributed by atoms with Gasteiger partial charge in [0.2, 0.25) is 0 Å². The molecule has 0 unspecified atom stereocenters. The van der Waals surface area contributed by atoms with Crippen molar-refractivity contribution in [1.29, 1.82) is 0 Å². The predicted molar refractivity (Wildman–Crippen MR) is 121 cm³/mol. The standard InChI is InChI=1S/C25H46O4/c1-25(2,21-17-13-9-5-3-7-11-15-19-23(26)27)22-18-14-10-6-4-8-12-16-20-24(28)29/h1-22H2,(H,26,27)(H,28,29). The summed E-state index contributed by atoms with van der Waals surface area (Å²) in [6, 6.07) is 0. The van der Waals surface area contributed by atoms with Gasteiger partial charge in [-0.1, -0.05) is 89.9 Å². The minimum atomic E-state index is -0.681. The van der Waals surface area contributed by atoms with Crippen LogP contribution in [-0.4, -0.2) is 22.2 Å². The summed E-state index contributed by atoms with van der Waals surface area (Å²) < 4.78 is 0. The molecule has 0 fully saturated rings. The van der Waals surface area contributed by atoms with Crippen LogP contribution in [0.2, 0.25) is 0 Å². The molecule has 170 valence electrons. The lowest BCUT2D eigenvalue weighted by atomic mass is 9.82. The molecule has 0 aliphatic rings. The second-order valence-electron chi connectivity index (χ2n) is 8.94. The Bertz CT molecular complexity index is 368. The summed E-state index contributed by atoms with van der Waals surface area (Å²) >= 11 is 0. The normalized spacial score (nSPS) is 11.7. The Balaban J connectivity index is 3.36. The number of carboxylic acid groups (broad SMARTS) is 2. The molecule has 4 nitrogen and oxygen atoms in total. The minimum Gasteiger partial charge on any atom is -0.481 e. The molecule has 2 radical (unpaired) electrons. The van der Waals surface area contributed by atoms with Crippen molar-refractivity contribution in [3.8, 4) is 0 Å². The molecule has 0 rings (SSSR count). The molecule has 0 aromatic heterocycles. The van der Waals surface area contributed by atoms with E-state index >= 15 is 0 Å². The van der Waals surface area contributed by atoms with Crippen molar-refractivity contribution in [2.24, 2.45) is 5.41 Å². The molecule has 0 amide bonds. The quantitative estimate of drug-likeness (QED) is 0.180. The lowest BCUT2D eigenvalue weighted by Crippen LogP contribution is -2.12. The molecule has 2 N–H and O–H groups in total. The third kappa shape index (κ3) is 23.1. The van der Waals surface area contributed by atoms with E-state index < -0.39 is 11.9 Å². The topological polar surface area (TPSA) is 74.6 Å². The summed E-state index contributed by atoms with van der Waals surface area (Å²) in [5.41, 5.74) is -0.0341. The zero-order valence-electron chi connectivity index (χ0n) is 18.8. The molecule has 0 aromatic rings. The van der Waals surface area contributed by atoms with Crippen LogP contribution in [-0.2, 0) is 9.59 Å². The van der Waals surface area contributed by atoms with Gasteiger partial charge in [-0.25, -0.2) is 0 Å². The van der Waals surface area contributed by atoms with E-state index in [2.05, 4.69) is 13.8 Å². The summed E-state index contributed by atoms with van der Waals surface area (Å²) in [5, 5.41) is 17.2. The molecule has 0 aliphatic carbocycles. The van der Waals surface area contributed by atoms with Gasteiger partial charge in [-0.05, 0) is 44.9 Å². The molecule has 0 saturated heterocycles. The summed E-state index contributed by atoms with van der Waals surface area (Å²) in [4.78, 5) is 20.9. The highest BCUT2D eigenvalue weighted by molar-refractivity contribution is 5.66. The minimum absolute atomic E-state index is 0.0341. The van der Waals surface area contributed by atoms with Gasteiger partial charge >= 0.3 is 11.9 Å². The molecule has 29 heavy (non-hydrogen) atoms. The maximum atomic E-state index is 10.4. The average Bonchev–Trinajstić information content (AvgIpc) is 2.64. The van der Waals surface area contributed by atoms with Gasteiger partial charge in [-0.15, -0.1) is 0 Å². The number of carboxylic acids is 2. The second kappa shape index (κ2) is 18.9. The predicted octanol–water partition coefficient (Wildman–Crippen LogP) is 7.61. The maximum absolute atomic E-state index is 10.4. The van der Waals surface area contributed by atoms with Crippen molar-refractivity contribution in [3.05, 3.63) is 13.8 Å². The summed E-state index contributed by atoms with van der Waals surface area (Å²) in [6.45, 7) is 8.65. The van der Waals surface area contributed by atoms with Gasteiger partial charge in [0.05, 0.1) is 0 Å². The Labute approximate surface area is 179 Å². The van der Waals surface area contributed by atoms with E-state index in [0.29, 0.717) is 12.8 Å². The van der Waals surface area contributed by atoms with Crippen molar-refractivity contribution in [3.63, 3.8) is 0 Å².